The van der Waals surface area contributed by atoms with Crippen LogP contribution in [0.15, 0.2) is 27.6 Å². The average Bonchev–Trinajstić information content (AvgIpc) is 2.86. The largest absolute Gasteiger partial charge is 0.611 e. The van der Waals surface area contributed by atoms with Gasteiger partial charge in [-0.1, -0.05) is 11.2 Å². The number of hydrogen-bond donors (Lipinski definition) is 0. The molecule has 2 aromatic rings. The van der Waals surface area contributed by atoms with Gasteiger partial charge in [0.25, 0.3) is 0 Å². The fourth-order valence-corrected chi connectivity index (χ4v) is 2.55. The molecule has 21 heavy (non-hydrogen) atoms. The lowest BCUT2D eigenvalue weighted by molar-refractivity contribution is -0.159. The van der Waals surface area contributed by atoms with Gasteiger partial charge in [0.05, 0.1) is 0 Å². The van der Waals surface area contributed by atoms with Crippen LogP contribution in [0.25, 0.3) is 11.4 Å². The van der Waals surface area contributed by atoms with Crippen LogP contribution in [0.2, 0.25) is 0 Å². The number of hydrogen-bond acceptors (Lipinski definition) is 4. The molecule has 113 valence electrons. The molecule has 0 amide bonds. The minimum Gasteiger partial charge on any atom is -0.611 e. The van der Waals surface area contributed by atoms with E-state index in [0.29, 0.717) is 10.5 Å². The zero-order valence-corrected chi connectivity index (χ0v) is 12.3. The van der Waals surface area contributed by atoms with Gasteiger partial charge in [0, 0.05) is 17.7 Å². The Morgan fingerprint density at radius 1 is 1.29 bits per heavy atom. The second-order valence-electron chi connectivity index (χ2n) is 5.24. The summed E-state index contributed by atoms with van der Waals surface area (Å²) in [7, 11) is 0. The van der Waals surface area contributed by atoms with Crippen LogP contribution in [-0.4, -0.2) is 19.4 Å². The summed E-state index contributed by atoms with van der Waals surface area (Å²) in [5.74, 6) is -1.62. The average molecular weight is 317 g/mol. The Bertz CT molecular complexity index is 635. The maximum absolute atomic E-state index is 12.4. The van der Waals surface area contributed by atoms with Gasteiger partial charge >= 0.3 is 12.1 Å². The molecule has 2 rings (SSSR count). The van der Waals surface area contributed by atoms with Gasteiger partial charge in [0.15, 0.2) is 4.90 Å². The minimum atomic E-state index is -4.69. The van der Waals surface area contributed by atoms with Crippen LogP contribution in [0, 0.1) is 6.07 Å². The molecule has 4 nitrogen and oxygen atoms in total. The van der Waals surface area contributed by atoms with E-state index < -0.39 is 28.0 Å². The van der Waals surface area contributed by atoms with Gasteiger partial charge in [-0.25, -0.2) is 0 Å². The smallest absolute Gasteiger partial charge is 0.471 e. The lowest BCUT2D eigenvalue weighted by atomic mass is 10.2. The molecule has 0 aliphatic carbocycles. The van der Waals surface area contributed by atoms with Crippen molar-refractivity contribution in [1.82, 2.24) is 10.1 Å². The molecular weight excluding hydrogens is 305 g/mol. The third-order valence-corrected chi connectivity index (χ3v) is 4.21. The van der Waals surface area contributed by atoms with Crippen LogP contribution in [0.1, 0.15) is 26.7 Å². The molecule has 8 heteroatoms. The van der Waals surface area contributed by atoms with Gasteiger partial charge < -0.3 is 9.08 Å². The summed E-state index contributed by atoms with van der Waals surface area (Å²) >= 11 is -1.36. The van der Waals surface area contributed by atoms with E-state index >= 15 is 0 Å². The molecule has 0 spiro atoms. The quantitative estimate of drug-likeness (QED) is 0.796. The van der Waals surface area contributed by atoms with Gasteiger partial charge in [0.1, 0.15) is 4.75 Å². The van der Waals surface area contributed by atoms with Gasteiger partial charge in [-0.3, -0.25) is 0 Å². The highest BCUT2D eigenvalue weighted by Crippen LogP contribution is 2.31. The molecule has 1 aromatic heterocycles. The Balaban J connectivity index is 2.36. The molecule has 0 fully saturated rings. The summed E-state index contributed by atoms with van der Waals surface area (Å²) < 4.78 is 53.2. The van der Waals surface area contributed by atoms with Crippen molar-refractivity contribution in [1.29, 1.82) is 0 Å². The van der Waals surface area contributed by atoms with Crippen LogP contribution in [0.5, 0.6) is 0 Å². The molecule has 0 aliphatic rings. The first-order chi connectivity index (χ1) is 9.59. The maximum Gasteiger partial charge on any atom is 0.471 e. The third kappa shape index (κ3) is 3.56. The lowest BCUT2D eigenvalue weighted by Crippen LogP contribution is -2.28. The van der Waals surface area contributed by atoms with Gasteiger partial charge in [-0.05, 0) is 38.0 Å². The number of benzene rings is 1. The van der Waals surface area contributed by atoms with Crippen LogP contribution in [0.3, 0.4) is 0 Å². The number of alkyl halides is 3. The van der Waals surface area contributed by atoms with E-state index in [1.54, 1.807) is 20.8 Å². The van der Waals surface area contributed by atoms with Gasteiger partial charge in [-0.2, -0.15) is 18.2 Å². The molecule has 1 unspecified atom stereocenters. The molecule has 0 aliphatic heterocycles. The number of halogens is 3. The van der Waals surface area contributed by atoms with Crippen LogP contribution in [-0.2, 0) is 17.4 Å². The van der Waals surface area contributed by atoms with Crippen molar-refractivity contribution < 1.29 is 22.2 Å². The molecule has 1 aromatic carbocycles. The molecule has 1 atom stereocenters. The van der Waals surface area contributed by atoms with Crippen LogP contribution >= 0.6 is 0 Å². The summed E-state index contributed by atoms with van der Waals surface area (Å²) in [6.45, 7) is 5.37. The van der Waals surface area contributed by atoms with Gasteiger partial charge in [0.2, 0.25) is 5.82 Å². The highest BCUT2D eigenvalue weighted by molar-refractivity contribution is 7.92. The third-order valence-electron chi connectivity index (χ3n) is 2.46. The fraction of sp³-hybridized carbons (Fsp3) is 0.385. The number of rotatable bonds is 2. The van der Waals surface area contributed by atoms with Crippen molar-refractivity contribution in [2.75, 3.05) is 0 Å². The van der Waals surface area contributed by atoms with Crippen LogP contribution < -0.4 is 0 Å². The Morgan fingerprint density at radius 3 is 2.48 bits per heavy atom. The minimum absolute atomic E-state index is 0.205. The monoisotopic (exact) mass is 317 g/mol. The van der Waals surface area contributed by atoms with Crippen molar-refractivity contribution in [2.45, 2.75) is 36.6 Å². The van der Waals surface area contributed by atoms with E-state index in [1.165, 1.54) is 18.2 Å². The summed E-state index contributed by atoms with van der Waals surface area (Å²) in [5.41, 5.74) is 0.292. The van der Waals surface area contributed by atoms with E-state index in [2.05, 4.69) is 20.7 Å². The first-order valence-corrected chi connectivity index (χ1v) is 7.09. The highest BCUT2D eigenvalue weighted by Gasteiger charge is 2.38. The lowest BCUT2D eigenvalue weighted by Gasteiger charge is -2.23. The number of aromatic nitrogens is 2. The molecule has 0 N–H and O–H groups in total. The highest BCUT2D eigenvalue weighted by atomic mass is 32.2. The predicted octanol–water partition coefficient (Wildman–Crippen LogP) is 3.46. The van der Waals surface area contributed by atoms with Crippen molar-refractivity contribution in [2.24, 2.45) is 0 Å². The molecule has 0 saturated heterocycles. The molecule has 1 radical (unpaired) electrons. The van der Waals surface area contributed by atoms with Gasteiger partial charge in [-0.15, -0.1) is 0 Å². The topological polar surface area (TPSA) is 62.0 Å². The molecule has 0 saturated carbocycles. The summed E-state index contributed by atoms with van der Waals surface area (Å²) in [6, 6.07) is 7.21. The fourth-order valence-electron chi connectivity index (χ4n) is 1.48. The Labute approximate surface area is 122 Å². The second kappa shape index (κ2) is 5.34. The SMILES string of the molecule is CC(C)(C)[S+]([O-])c1[c]ccc(-c2noc(C(F)(F)F)n2)c1. The zero-order valence-electron chi connectivity index (χ0n) is 11.5. The Kier molecular flexibility index (Phi) is 4.03. The molecular formula is C13H12F3N2O2S. The van der Waals surface area contributed by atoms with E-state index in [9.17, 15) is 17.7 Å². The number of nitrogens with zero attached hydrogens (tertiary/aromatic N) is 2. The summed E-state index contributed by atoms with van der Waals surface area (Å²) in [5, 5.41) is 3.30. The Morgan fingerprint density at radius 2 is 1.95 bits per heavy atom. The molecule has 0 bridgehead atoms. The van der Waals surface area contributed by atoms with E-state index in [1.807, 2.05) is 0 Å². The van der Waals surface area contributed by atoms with Crippen LogP contribution in [0.4, 0.5) is 13.2 Å². The van der Waals surface area contributed by atoms with E-state index in [-0.39, 0.29) is 5.82 Å². The summed E-state index contributed by atoms with van der Waals surface area (Å²) in [6.07, 6.45) is -4.69. The van der Waals surface area contributed by atoms with Crippen molar-refractivity contribution in [3.05, 3.63) is 30.2 Å². The van der Waals surface area contributed by atoms with Crippen molar-refractivity contribution in [3.63, 3.8) is 0 Å². The predicted molar refractivity (Wildman–Crippen MR) is 69.7 cm³/mol. The second-order valence-corrected chi connectivity index (χ2v) is 7.45. The van der Waals surface area contributed by atoms with E-state index in [0.717, 1.165) is 0 Å². The van der Waals surface area contributed by atoms with Crippen molar-refractivity contribution >= 4 is 11.2 Å². The van der Waals surface area contributed by atoms with E-state index in [4.69, 9.17) is 0 Å². The standard InChI is InChI=1S/C13H12F3N2O2S/c1-12(2,3)21(19)9-6-4-5-8(7-9)10-17-11(20-18-10)13(14,15)16/h4-5,7H,1-3H3. The Hall–Kier alpha value is -1.54. The zero-order chi connectivity index (χ0) is 15.8. The molecule has 1 heterocycles. The maximum atomic E-state index is 12.4. The first-order valence-electron chi connectivity index (χ1n) is 5.94. The summed E-state index contributed by atoms with van der Waals surface area (Å²) in [4.78, 5) is 3.67. The normalized spacial score (nSPS) is 14.2. The van der Waals surface area contributed by atoms with Crippen molar-refractivity contribution in [3.8, 4) is 11.4 Å². The first kappa shape index (κ1) is 15.8.